The van der Waals surface area contributed by atoms with Crippen LogP contribution in [0.25, 0.3) is 0 Å². The van der Waals surface area contributed by atoms with Gasteiger partial charge in [0.1, 0.15) is 0 Å². The lowest BCUT2D eigenvalue weighted by molar-refractivity contribution is -0.131. The van der Waals surface area contributed by atoms with Crippen LogP contribution in [0.3, 0.4) is 0 Å². The van der Waals surface area contributed by atoms with Crippen molar-refractivity contribution in [2.24, 2.45) is 0 Å². The highest BCUT2D eigenvalue weighted by atomic mass is 16.4. The van der Waals surface area contributed by atoms with Gasteiger partial charge < -0.3 is 5.11 Å². The summed E-state index contributed by atoms with van der Waals surface area (Å²) in [5, 5.41) is 7.83. The van der Waals surface area contributed by atoms with Gasteiger partial charge in [0.15, 0.2) is 0 Å². The quantitative estimate of drug-likeness (QED) is 0.376. The molecular formula is C4H6BO2. The van der Waals surface area contributed by atoms with E-state index in [2.05, 4.69) is 0 Å². The maximum atomic E-state index is 9.51. The van der Waals surface area contributed by atoms with Gasteiger partial charge in [0.2, 0.25) is 0 Å². The molecule has 3 heteroatoms. The molecule has 1 N–H and O–H groups in total. The van der Waals surface area contributed by atoms with Crippen LogP contribution >= 0.6 is 0 Å². The van der Waals surface area contributed by atoms with Crippen molar-refractivity contribution in [1.29, 1.82) is 0 Å². The van der Waals surface area contributed by atoms with Gasteiger partial charge in [-0.25, -0.2) is 4.79 Å². The second-order valence-electron chi connectivity index (χ2n) is 0.838. The van der Waals surface area contributed by atoms with Gasteiger partial charge in [-0.15, -0.1) is 0 Å². The summed E-state index contributed by atoms with van der Waals surface area (Å²) in [7, 11) is 0. The Balaban J connectivity index is 0. The molecule has 0 aromatic rings. The average molecular weight is 96.9 g/mol. The van der Waals surface area contributed by atoms with Crippen molar-refractivity contribution in [3.63, 3.8) is 0 Å². The lowest BCUT2D eigenvalue weighted by Crippen LogP contribution is -1.83. The molecule has 2 nitrogen and oxygen atoms in total. The normalized spacial score (nSPS) is 8.14. The zero-order valence-corrected chi connectivity index (χ0v) is 4.09. The molecule has 0 amide bonds. The zero-order chi connectivity index (χ0) is 4.99. The van der Waals surface area contributed by atoms with Crippen LogP contribution in [0.5, 0.6) is 0 Å². The van der Waals surface area contributed by atoms with E-state index in [4.69, 9.17) is 5.11 Å². The highest BCUT2D eigenvalue weighted by Crippen LogP contribution is 1.65. The topological polar surface area (TPSA) is 37.3 Å². The second kappa shape index (κ2) is 5.27. The molecule has 0 spiro atoms. The van der Waals surface area contributed by atoms with E-state index >= 15 is 0 Å². The summed E-state index contributed by atoms with van der Waals surface area (Å²) in [5.74, 6) is -0.891. The van der Waals surface area contributed by atoms with E-state index in [0.717, 1.165) is 6.08 Å². The van der Waals surface area contributed by atoms with E-state index < -0.39 is 5.97 Å². The number of allylic oxidation sites excluding steroid dienone is 1. The van der Waals surface area contributed by atoms with Gasteiger partial charge in [-0.1, -0.05) is 6.08 Å². The molecule has 0 rings (SSSR count). The summed E-state index contributed by atoms with van der Waals surface area (Å²) >= 11 is 0. The van der Waals surface area contributed by atoms with Crippen molar-refractivity contribution in [3.05, 3.63) is 12.2 Å². The van der Waals surface area contributed by atoms with E-state index in [1.165, 1.54) is 6.08 Å². The minimum atomic E-state index is -0.891. The number of rotatable bonds is 1. The van der Waals surface area contributed by atoms with E-state index in [1.54, 1.807) is 6.92 Å². The van der Waals surface area contributed by atoms with Crippen molar-refractivity contribution in [3.8, 4) is 0 Å². The fourth-order valence-corrected chi connectivity index (χ4v) is 0.143. The third kappa shape index (κ3) is 10.9. The minimum Gasteiger partial charge on any atom is -0.478 e. The summed E-state index contributed by atoms with van der Waals surface area (Å²) < 4.78 is 0. The summed E-state index contributed by atoms with van der Waals surface area (Å²) in [5.41, 5.74) is 0. The van der Waals surface area contributed by atoms with E-state index in [-0.39, 0.29) is 8.41 Å². The monoisotopic (exact) mass is 97.0 g/mol. The Morgan fingerprint density at radius 2 is 2.14 bits per heavy atom. The first-order chi connectivity index (χ1) is 2.77. The molecule has 0 aliphatic carbocycles. The molecule has 7 heavy (non-hydrogen) atoms. The molecule has 37 valence electrons. The number of carbonyl (C=O) groups is 1. The van der Waals surface area contributed by atoms with Crippen LogP contribution < -0.4 is 0 Å². The number of hydrogen-bond donors (Lipinski definition) is 1. The van der Waals surface area contributed by atoms with Crippen LogP contribution in [-0.4, -0.2) is 19.5 Å². The van der Waals surface area contributed by atoms with E-state index in [9.17, 15) is 4.79 Å². The molecule has 0 aliphatic heterocycles. The molecule has 0 saturated heterocycles. The molecule has 0 saturated carbocycles. The molecule has 0 aliphatic rings. The van der Waals surface area contributed by atoms with Gasteiger partial charge in [0, 0.05) is 14.5 Å². The van der Waals surface area contributed by atoms with Crippen molar-refractivity contribution in [1.82, 2.24) is 0 Å². The predicted octanol–water partition coefficient (Wildman–Crippen LogP) is 0.266. The second-order valence-corrected chi connectivity index (χ2v) is 0.838. The Labute approximate surface area is 44.4 Å². The van der Waals surface area contributed by atoms with Gasteiger partial charge >= 0.3 is 5.97 Å². The third-order valence-electron chi connectivity index (χ3n) is 0.309. The van der Waals surface area contributed by atoms with Crippen LogP contribution in [0.4, 0.5) is 0 Å². The number of carboxylic acid groups (broad SMARTS) is 1. The minimum absolute atomic E-state index is 0. The van der Waals surface area contributed by atoms with Crippen molar-refractivity contribution < 1.29 is 9.90 Å². The number of hydrogen-bond acceptors (Lipinski definition) is 1. The summed E-state index contributed by atoms with van der Waals surface area (Å²) in [4.78, 5) is 9.51. The lowest BCUT2D eigenvalue weighted by atomic mass is 10.5. The molecule has 0 atom stereocenters. The molecule has 3 radical (unpaired) electrons. The average Bonchev–Trinajstić information content (AvgIpc) is 1.35. The van der Waals surface area contributed by atoms with Gasteiger partial charge in [0.05, 0.1) is 0 Å². The molecule has 0 aromatic heterocycles. The van der Waals surface area contributed by atoms with E-state index in [1.807, 2.05) is 0 Å². The maximum absolute atomic E-state index is 9.51. The summed E-state index contributed by atoms with van der Waals surface area (Å²) in [6, 6.07) is 0. The van der Waals surface area contributed by atoms with Crippen LogP contribution in [0.15, 0.2) is 12.2 Å². The Hall–Kier alpha value is -0.725. The highest BCUT2D eigenvalue weighted by Gasteiger charge is 1.76. The summed E-state index contributed by atoms with van der Waals surface area (Å²) in [6.07, 6.45) is 2.56. The van der Waals surface area contributed by atoms with Crippen LogP contribution in [0.1, 0.15) is 6.92 Å². The predicted molar refractivity (Wildman–Crippen MR) is 28.2 cm³/mol. The van der Waals surface area contributed by atoms with Crippen molar-refractivity contribution >= 4 is 14.4 Å². The van der Waals surface area contributed by atoms with E-state index in [0.29, 0.717) is 0 Å². The third-order valence-corrected chi connectivity index (χ3v) is 0.309. The largest absolute Gasteiger partial charge is 0.478 e. The Morgan fingerprint density at radius 3 is 2.14 bits per heavy atom. The lowest BCUT2D eigenvalue weighted by Gasteiger charge is -1.68. The SMILES string of the molecule is CC=CC(=O)O.[B]. The molecule has 0 fully saturated rings. The summed E-state index contributed by atoms with van der Waals surface area (Å²) in [6.45, 7) is 1.66. The van der Waals surface area contributed by atoms with Crippen LogP contribution in [-0.2, 0) is 4.79 Å². The maximum Gasteiger partial charge on any atom is 0.327 e. The number of aliphatic carboxylic acids is 1. The fourth-order valence-electron chi connectivity index (χ4n) is 0.143. The van der Waals surface area contributed by atoms with Gasteiger partial charge in [-0.05, 0) is 6.92 Å². The zero-order valence-electron chi connectivity index (χ0n) is 4.09. The van der Waals surface area contributed by atoms with Gasteiger partial charge in [0.25, 0.3) is 0 Å². The molecule has 0 unspecified atom stereocenters. The first-order valence-electron chi connectivity index (χ1n) is 1.63. The first-order valence-corrected chi connectivity index (χ1v) is 1.63. The molecular weight excluding hydrogens is 90.9 g/mol. The number of carboxylic acids is 1. The standard InChI is InChI=1S/C4H6O2.B/c1-2-3-4(5)6;/h2-3H,1H3,(H,5,6);. The smallest absolute Gasteiger partial charge is 0.327 e. The Kier molecular flexibility index (Phi) is 7.20. The molecule has 0 aromatic carbocycles. The molecule has 0 bridgehead atoms. The van der Waals surface area contributed by atoms with Crippen molar-refractivity contribution in [2.45, 2.75) is 6.92 Å². The van der Waals surface area contributed by atoms with Gasteiger partial charge in [-0.3, -0.25) is 0 Å². The first kappa shape index (κ1) is 9.55. The van der Waals surface area contributed by atoms with Crippen molar-refractivity contribution in [2.75, 3.05) is 0 Å². The van der Waals surface area contributed by atoms with Gasteiger partial charge in [-0.2, -0.15) is 0 Å². The van der Waals surface area contributed by atoms with Crippen LogP contribution in [0.2, 0.25) is 0 Å². The van der Waals surface area contributed by atoms with Crippen LogP contribution in [0, 0.1) is 0 Å². The Bertz CT molecular complexity index is 77.8. The fraction of sp³-hybridized carbons (Fsp3) is 0.250. The highest BCUT2D eigenvalue weighted by molar-refractivity contribution is 5.79. The molecule has 0 heterocycles. The Morgan fingerprint density at radius 1 is 1.71 bits per heavy atom.